The van der Waals surface area contributed by atoms with Crippen molar-refractivity contribution in [2.24, 2.45) is 0 Å². The first-order chi connectivity index (χ1) is 16.5. The molecule has 6 nitrogen and oxygen atoms in total. The van der Waals surface area contributed by atoms with Crippen molar-refractivity contribution in [3.8, 4) is 22.6 Å². The Bertz CT molecular complexity index is 1200. The molecule has 3 aromatic rings. The molecular formula is C28H31N3O3. The summed E-state index contributed by atoms with van der Waals surface area (Å²) in [7, 11) is 0. The van der Waals surface area contributed by atoms with Gasteiger partial charge in [-0.15, -0.1) is 0 Å². The van der Waals surface area contributed by atoms with E-state index in [1.165, 1.54) is 11.8 Å². The van der Waals surface area contributed by atoms with Gasteiger partial charge in [0.1, 0.15) is 11.5 Å². The van der Waals surface area contributed by atoms with E-state index in [-0.39, 0.29) is 23.5 Å². The zero-order valence-corrected chi connectivity index (χ0v) is 19.7. The fourth-order valence-electron chi connectivity index (χ4n) is 5.18. The summed E-state index contributed by atoms with van der Waals surface area (Å²) < 4.78 is 0. The fraction of sp³-hybridized carbons (Fsp3) is 0.321. The summed E-state index contributed by atoms with van der Waals surface area (Å²) in [6.07, 6.45) is 0.841. The van der Waals surface area contributed by atoms with Crippen LogP contribution in [0.15, 0.2) is 54.6 Å². The Morgan fingerprint density at radius 2 is 1.62 bits per heavy atom. The van der Waals surface area contributed by atoms with Crippen molar-refractivity contribution in [1.29, 1.82) is 0 Å². The number of anilines is 1. The number of hydrogen-bond donors (Lipinski definition) is 3. The van der Waals surface area contributed by atoms with Crippen LogP contribution < -0.4 is 10.2 Å². The lowest BCUT2D eigenvalue weighted by Gasteiger charge is -2.29. The van der Waals surface area contributed by atoms with Crippen LogP contribution in [0.3, 0.4) is 0 Å². The van der Waals surface area contributed by atoms with Crippen molar-refractivity contribution < 1.29 is 15.0 Å². The second kappa shape index (κ2) is 9.03. The van der Waals surface area contributed by atoms with Gasteiger partial charge >= 0.3 is 0 Å². The number of benzene rings is 3. The van der Waals surface area contributed by atoms with Crippen LogP contribution in [-0.4, -0.2) is 47.7 Å². The Kier molecular flexibility index (Phi) is 5.92. The van der Waals surface area contributed by atoms with Gasteiger partial charge < -0.3 is 25.3 Å². The molecule has 2 heterocycles. The molecule has 0 radical (unpaired) electrons. The van der Waals surface area contributed by atoms with Gasteiger partial charge in [0, 0.05) is 50.0 Å². The molecule has 1 atom stereocenters. The summed E-state index contributed by atoms with van der Waals surface area (Å²) in [6.45, 7) is 8.53. The zero-order valence-electron chi connectivity index (χ0n) is 19.7. The van der Waals surface area contributed by atoms with E-state index in [9.17, 15) is 15.0 Å². The lowest BCUT2D eigenvalue weighted by Crippen LogP contribution is -2.43. The third-order valence-electron chi connectivity index (χ3n) is 7.03. The van der Waals surface area contributed by atoms with Gasteiger partial charge in [-0.05, 0) is 58.0 Å². The Balaban J connectivity index is 1.47. The van der Waals surface area contributed by atoms with E-state index < -0.39 is 0 Å². The summed E-state index contributed by atoms with van der Waals surface area (Å²) >= 11 is 0. The van der Waals surface area contributed by atoms with E-state index in [4.69, 9.17) is 0 Å². The number of piperazine rings is 1. The highest BCUT2D eigenvalue weighted by atomic mass is 16.3. The molecule has 0 aliphatic carbocycles. The number of rotatable bonds is 5. The molecule has 3 aromatic carbocycles. The molecule has 1 fully saturated rings. The molecule has 0 aromatic heterocycles. The van der Waals surface area contributed by atoms with Gasteiger partial charge in [-0.1, -0.05) is 38.1 Å². The molecule has 1 unspecified atom stereocenters. The summed E-state index contributed by atoms with van der Waals surface area (Å²) in [5, 5.41) is 24.3. The number of nitrogens with one attached hydrogen (secondary N) is 1. The number of phenolic OH excluding ortho intramolecular Hbond substituents is 2. The molecule has 1 amide bonds. The minimum Gasteiger partial charge on any atom is -0.508 e. The first-order valence-electron chi connectivity index (χ1n) is 11.9. The van der Waals surface area contributed by atoms with Crippen molar-refractivity contribution in [1.82, 2.24) is 10.2 Å². The number of carbonyl (C=O) groups is 1. The molecule has 6 heteroatoms. The second-order valence-corrected chi connectivity index (χ2v) is 9.50. The maximum Gasteiger partial charge on any atom is 0.210 e. The Morgan fingerprint density at radius 1 is 0.912 bits per heavy atom. The fourth-order valence-corrected chi connectivity index (χ4v) is 5.18. The molecule has 1 saturated heterocycles. The first kappa shape index (κ1) is 22.3. The molecule has 176 valence electrons. The van der Waals surface area contributed by atoms with Crippen molar-refractivity contribution in [2.75, 3.05) is 31.1 Å². The Morgan fingerprint density at radius 3 is 2.29 bits per heavy atom. The molecule has 3 N–H and O–H groups in total. The van der Waals surface area contributed by atoms with Crippen LogP contribution in [0.5, 0.6) is 11.5 Å². The van der Waals surface area contributed by atoms with E-state index in [1.54, 1.807) is 4.90 Å². The molecule has 2 aliphatic heterocycles. The Hall–Kier alpha value is -3.51. The minimum absolute atomic E-state index is 0.000761. The van der Waals surface area contributed by atoms with Crippen LogP contribution in [0, 0.1) is 0 Å². The largest absolute Gasteiger partial charge is 0.508 e. The quantitative estimate of drug-likeness (QED) is 0.497. The van der Waals surface area contributed by atoms with E-state index >= 15 is 0 Å². The highest BCUT2D eigenvalue weighted by Gasteiger charge is 2.33. The second-order valence-electron chi connectivity index (χ2n) is 9.50. The maximum absolute atomic E-state index is 12.0. The van der Waals surface area contributed by atoms with Gasteiger partial charge in [-0.25, -0.2) is 0 Å². The molecule has 2 aliphatic rings. The molecular weight excluding hydrogens is 426 g/mol. The van der Waals surface area contributed by atoms with Crippen molar-refractivity contribution in [2.45, 2.75) is 32.4 Å². The minimum atomic E-state index is -0.380. The lowest BCUT2D eigenvalue weighted by atomic mass is 9.91. The standard InChI is InChI=1S/C28H31N3O3/c1-18(2)24-14-25(27(34)15-26(24)33)28-23-8-5-20(13-21(23)16-31(28)17-32)19-3-6-22(7-4-19)30-11-9-29-10-12-30/h3-8,13-15,17-18,28-29,33-34H,9-12,16H2,1-2H3. The van der Waals surface area contributed by atoms with Gasteiger partial charge in [0.15, 0.2) is 0 Å². The van der Waals surface area contributed by atoms with Crippen LogP contribution in [0.1, 0.15) is 48.1 Å². The summed E-state index contributed by atoms with van der Waals surface area (Å²) in [4.78, 5) is 16.1. The number of hydrogen-bond acceptors (Lipinski definition) is 5. The van der Waals surface area contributed by atoms with Crippen LogP contribution >= 0.6 is 0 Å². The smallest absolute Gasteiger partial charge is 0.210 e. The van der Waals surface area contributed by atoms with Gasteiger partial charge in [0.05, 0.1) is 6.04 Å². The van der Waals surface area contributed by atoms with Crippen molar-refractivity contribution in [3.05, 3.63) is 76.9 Å². The van der Waals surface area contributed by atoms with Crippen LogP contribution in [0.2, 0.25) is 0 Å². The normalized spacial score (nSPS) is 17.8. The van der Waals surface area contributed by atoms with E-state index in [0.717, 1.165) is 60.4 Å². The lowest BCUT2D eigenvalue weighted by molar-refractivity contribution is -0.119. The highest BCUT2D eigenvalue weighted by Crippen LogP contribution is 2.44. The predicted octanol–water partition coefficient (Wildman–Crippen LogP) is 4.36. The van der Waals surface area contributed by atoms with Gasteiger partial charge in [0.25, 0.3) is 0 Å². The third-order valence-corrected chi connectivity index (χ3v) is 7.03. The molecule has 0 saturated carbocycles. The van der Waals surface area contributed by atoms with E-state index in [1.807, 2.05) is 19.9 Å². The average Bonchev–Trinajstić information content (AvgIpc) is 3.22. The van der Waals surface area contributed by atoms with Crippen LogP contribution in [0.25, 0.3) is 11.1 Å². The topological polar surface area (TPSA) is 76.0 Å². The number of amides is 1. The molecule has 5 rings (SSSR count). The maximum atomic E-state index is 12.0. The number of phenols is 2. The summed E-state index contributed by atoms with van der Waals surface area (Å²) in [5.41, 5.74) is 6.95. The van der Waals surface area contributed by atoms with Gasteiger partial charge in [-0.3, -0.25) is 4.79 Å². The SMILES string of the molecule is CC(C)c1cc(C2c3ccc(-c4ccc(N5CCNCC5)cc4)cc3CN2C=O)c(O)cc1O. The first-order valence-corrected chi connectivity index (χ1v) is 11.9. The molecule has 0 bridgehead atoms. The number of fused-ring (bicyclic) bond motifs is 1. The Labute approximate surface area is 200 Å². The van der Waals surface area contributed by atoms with Crippen molar-refractivity contribution in [3.63, 3.8) is 0 Å². The number of nitrogens with zero attached hydrogens (tertiary/aromatic N) is 2. The average molecular weight is 458 g/mol. The van der Waals surface area contributed by atoms with E-state index in [2.05, 4.69) is 52.7 Å². The van der Waals surface area contributed by atoms with Gasteiger partial charge in [-0.2, -0.15) is 0 Å². The van der Waals surface area contributed by atoms with Crippen molar-refractivity contribution >= 4 is 12.1 Å². The summed E-state index contributed by atoms with van der Waals surface area (Å²) in [6, 6.07) is 17.8. The highest BCUT2D eigenvalue weighted by molar-refractivity contribution is 5.69. The monoisotopic (exact) mass is 457 g/mol. The summed E-state index contributed by atoms with van der Waals surface area (Å²) in [5.74, 6) is 0.169. The van der Waals surface area contributed by atoms with Crippen LogP contribution in [-0.2, 0) is 11.3 Å². The molecule has 34 heavy (non-hydrogen) atoms. The number of aromatic hydroxyl groups is 2. The van der Waals surface area contributed by atoms with Gasteiger partial charge in [0.2, 0.25) is 6.41 Å². The zero-order chi connectivity index (χ0) is 23.8. The third kappa shape index (κ3) is 3.99. The number of carbonyl (C=O) groups excluding carboxylic acids is 1. The van der Waals surface area contributed by atoms with Crippen LogP contribution in [0.4, 0.5) is 5.69 Å². The van der Waals surface area contributed by atoms with E-state index in [0.29, 0.717) is 12.1 Å². The predicted molar refractivity (Wildman–Crippen MR) is 134 cm³/mol. The molecule has 0 spiro atoms.